The number of thiocarbonyl (C=S) groups is 1. The van der Waals surface area contributed by atoms with Crippen LogP contribution in [0.1, 0.15) is 0 Å². The third-order valence-corrected chi connectivity index (χ3v) is 2.64. The Hall–Kier alpha value is -1.54. The fraction of sp³-hybridized carbons (Fsp3) is 0. The molecular formula is C13H7ClFNS. The first-order valence-corrected chi connectivity index (χ1v) is 5.63. The number of halogens is 2. The predicted molar refractivity (Wildman–Crippen MR) is 71.5 cm³/mol. The molecule has 0 atom stereocenters. The molecule has 0 fully saturated rings. The molecule has 0 bridgehead atoms. The molecule has 0 aliphatic rings. The maximum absolute atomic E-state index is 14.0. The highest BCUT2D eigenvalue weighted by atomic mass is 35.5. The molecule has 0 aromatic heterocycles. The SMILES string of the molecule is Fc1c(N=C=S)cccc1-c1ccc(Cl)cc1. The third kappa shape index (κ3) is 2.59. The number of hydrogen-bond acceptors (Lipinski definition) is 2. The molecule has 2 aromatic carbocycles. The topological polar surface area (TPSA) is 12.4 Å². The van der Waals surface area contributed by atoms with Crippen molar-refractivity contribution in [3.63, 3.8) is 0 Å². The number of benzene rings is 2. The van der Waals surface area contributed by atoms with Gasteiger partial charge in [-0.05, 0) is 36.0 Å². The van der Waals surface area contributed by atoms with Crippen LogP contribution in [0.15, 0.2) is 47.5 Å². The highest BCUT2D eigenvalue weighted by molar-refractivity contribution is 7.78. The van der Waals surface area contributed by atoms with E-state index in [0.29, 0.717) is 10.6 Å². The maximum Gasteiger partial charge on any atom is 0.157 e. The molecule has 0 saturated carbocycles. The summed E-state index contributed by atoms with van der Waals surface area (Å²) in [6.07, 6.45) is 0. The van der Waals surface area contributed by atoms with Crippen molar-refractivity contribution in [2.45, 2.75) is 0 Å². The van der Waals surface area contributed by atoms with Gasteiger partial charge in [-0.25, -0.2) is 4.39 Å². The van der Waals surface area contributed by atoms with Crippen molar-refractivity contribution in [2.24, 2.45) is 4.99 Å². The standard InChI is InChI=1S/C13H7ClFNS/c14-10-6-4-9(5-7-10)11-2-1-3-12(13(11)15)16-8-17/h1-7H. The molecule has 0 spiro atoms. The Labute approximate surface area is 109 Å². The summed E-state index contributed by atoms with van der Waals surface area (Å²) >= 11 is 10.3. The van der Waals surface area contributed by atoms with Crippen molar-refractivity contribution >= 4 is 34.7 Å². The number of hydrogen-bond donors (Lipinski definition) is 0. The molecule has 0 heterocycles. The molecule has 1 nitrogen and oxygen atoms in total. The van der Waals surface area contributed by atoms with Crippen LogP contribution >= 0.6 is 23.8 Å². The third-order valence-electron chi connectivity index (χ3n) is 2.30. The van der Waals surface area contributed by atoms with Gasteiger partial charge in [0.25, 0.3) is 0 Å². The van der Waals surface area contributed by atoms with Crippen LogP contribution in [0.2, 0.25) is 5.02 Å². The molecule has 0 aliphatic carbocycles. The second kappa shape index (κ2) is 5.19. The van der Waals surface area contributed by atoms with E-state index in [1.807, 2.05) is 0 Å². The van der Waals surface area contributed by atoms with E-state index in [1.165, 1.54) is 0 Å². The zero-order valence-corrected chi connectivity index (χ0v) is 10.2. The van der Waals surface area contributed by atoms with Gasteiger partial charge in [0.05, 0.1) is 5.16 Å². The van der Waals surface area contributed by atoms with E-state index in [1.54, 1.807) is 42.5 Å². The van der Waals surface area contributed by atoms with Gasteiger partial charge in [-0.1, -0.05) is 35.9 Å². The lowest BCUT2D eigenvalue weighted by molar-refractivity contribution is 0.633. The summed E-state index contributed by atoms with van der Waals surface area (Å²) in [6, 6.07) is 11.9. The van der Waals surface area contributed by atoms with Gasteiger partial charge in [-0.15, -0.1) is 0 Å². The Morgan fingerprint density at radius 1 is 1.12 bits per heavy atom. The van der Waals surface area contributed by atoms with Crippen LogP contribution in [0.3, 0.4) is 0 Å². The van der Waals surface area contributed by atoms with Crippen LogP contribution in [0.5, 0.6) is 0 Å². The van der Waals surface area contributed by atoms with E-state index < -0.39 is 5.82 Å². The monoisotopic (exact) mass is 263 g/mol. The molecule has 2 aromatic rings. The molecule has 17 heavy (non-hydrogen) atoms. The summed E-state index contributed by atoms with van der Waals surface area (Å²) in [5.41, 5.74) is 1.40. The van der Waals surface area contributed by atoms with Gasteiger partial charge in [0, 0.05) is 10.6 Å². The minimum Gasteiger partial charge on any atom is -0.204 e. The Kier molecular flexibility index (Phi) is 3.64. The summed E-state index contributed by atoms with van der Waals surface area (Å²) in [5, 5.41) is 2.77. The van der Waals surface area contributed by atoms with Crippen LogP contribution in [0, 0.1) is 5.82 Å². The predicted octanol–water partition coefficient (Wildman–Crippen LogP) is 4.88. The summed E-state index contributed by atoms with van der Waals surface area (Å²) in [4.78, 5) is 3.67. The van der Waals surface area contributed by atoms with Gasteiger partial charge < -0.3 is 0 Å². The van der Waals surface area contributed by atoms with Crippen LogP contribution in [-0.4, -0.2) is 5.16 Å². The van der Waals surface area contributed by atoms with Gasteiger partial charge in [0.2, 0.25) is 0 Å². The molecule has 0 aliphatic heterocycles. The first-order chi connectivity index (χ1) is 8.22. The zero-order chi connectivity index (χ0) is 12.3. The molecule has 0 unspecified atom stereocenters. The number of isothiocyanates is 1. The van der Waals surface area contributed by atoms with Crippen molar-refractivity contribution < 1.29 is 4.39 Å². The lowest BCUT2D eigenvalue weighted by atomic mass is 10.0. The lowest BCUT2D eigenvalue weighted by Gasteiger charge is -2.05. The summed E-state index contributed by atoms with van der Waals surface area (Å²) < 4.78 is 14.0. The van der Waals surface area contributed by atoms with Crippen molar-refractivity contribution in [2.75, 3.05) is 0 Å². The van der Waals surface area contributed by atoms with Crippen LogP contribution in [-0.2, 0) is 0 Å². The first-order valence-electron chi connectivity index (χ1n) is 4.84. The van der Waals surface area contributed by atoms with Gasteiger partial charge >= 0.3 is 0 Å². The van der Waals surface area contributed by atoms with E-state index >= 15 is 0 Å². The van der Waals surface area contributed by atoms with Crippen molar-refractivity contribution in [3.05, 3.63) is 53.3 Å². The summed E-state index contributed by atoms with van der Waals surface area (Å²) in [5.74, 6) is -0.410. The van der Waals surface area contributed by atoms with E-state index in [-0.39, 0.29) is 5.69 Å². The molecular weight excluding hydrogens is 257 g/mol. The van der Waals surface area contributed by atoms with Gasteiger partial charge in [0.1, 0.15) is 5.69 Å². The van der Waals surface area contributed by atoms with Crippen LogP contribution < -0.4 is 0 Å². The highest BCUT2D eigenvalue weighted by Gasteiger charge is 2.08. The average Bonchev–Trinajstić information content (AvgIpc) is 2.34. The maximum atomic E-state index is 14.0. The smallest absolute Gasteiger partial charge is 0.157 e. The van der Waals surface area contributed by atoms with E-state index in [4.69, 9.17) is 11.6 Å². The largest absolute Gasteiger partial charge is 0.204 e. The quantitative estimate of drug-likeness (QED) is 0.556. The van der Waals surface area contributed by atoms with E-state index in [9.17, 15) is 4.39 Å². The fourth-order valence-electron chi connectivity index (χ4n) is 1.51. The lowest BCUT2D eigenvalue weighted by Crippen LogP contribution is -1.84. The van der Waals surface area contributed by atoms with Gasteiger partial charge in [-0.3, -0.25) is 0 Å². The van der Waals surface area contributed by atoms with E-state index in [2.05, 4.69) is 22.4 Å². The molecule has 4 heteroatoms. The Balaban J connectivity index is 2.56. The Bertz CT molecular complexity index is 589. The highest BCUT2D eigenvalue weighted by Crippen LogP contribution is 2.29. The normalized spacial score (nSPS) is 9.76. The van der Waals surface area contributed by atoms with Crippen molar-refractivity contribution in [3.8, 4) is 11.1 Å². The van der Waals surface area contributed by atoms with Crippen LogP contribution in [0.4, 0.5) is 10.1 Å². The Morgan fingerprint density at radius 3 is 2.47 bits per heavy atom. The van der Waals surface area contributed by atoms with E-state index in [0.717, 1.165) is 5.56 Å². The minimum absolute atomic E-state index is 0.187. The van der Waals surface area contributed by atoms with Gasteiger partial charge in [-0.2, -0.15) is 4.99 Å². The van der Waals surface area contributed by atoms with Gasteiger partial charge in [0.15, 0.2) is 5.82 Å². The number of nitrogens with zero attached hydrogens (tertiary/aromatic N) is 1. The average molecular weight is 264 g/mol. The number of aliphatic imine (C=N–C) groups is 1. The molecule has 0 N–H and O–H groups in total. The molecule has 0 amide bonds. The van der Waals surface area contributed by atoms with Crippen molar-refractivity contribution in [1.82, 2.24) is 0 Å². The minimum atomic E-state index is -0.410. The second-order valence-corrected chi connectivity index (χ2v) is 3.97. The Morgan fingerprint density at radius 2 is 1.82 bits per heavy atom. The second-order valence-electron chi connectivity index (χ2n) is 3.35. The first kappa shape index (κ1) is 11.9. The molecule has 2 rings (SSSR count). The number of rotatable bonds is 2. The van der Waals surface area contributed by atoms with Crippen LogP contribution in [0.25, 0.3) is 11.1 Å². The summed E-state index contributed by atoms with van der Waals surface area (Å²) in [7, 11) is 0. The molecule has 0 saturated heterocycles. The summed E-state index contributed by atoms with van der Waals surface area (Å²) in [6.45, 7) is 0. The van der Waals surface area contributed by atoms with Crippen molar-refractivity contribution in [1.29, 1.82) is 0 Å². The molecule has 84 valence electrons. The fourth-order valence-corrected chi connectivity index (χ4v) is 1.73. The zero-order valence-electron chi connectivity index (χ0n) is 8.65. The molecule has 0 radical (unpaired) electrons.